The Morgan fingerprint density at radius 3 is 2.36 bits per heavy atom. The predicted molar refractivity (Wildman–Crippen MR) is 116 cm³/mol. The Morgan fingerprint density at radius 1 is 0.964 bits per heavy atom. The molecular formula is C23H29N3OS. The van der Waals surface area contributed by atoms with Gasteiger partial charge in [0.2, 0.25) is 5.91 Å². The number of rotatable bonds is 6. The molecular weight excluding hydrogens is 366 g/mol. The topological polar surface area (TPSA) is 35.6 Å². The van der Waals surface area contributed by atoms with Crippen LogP contribution in [0.5, 0.6) is 0 Å². The number of nitrogens with zero attached hydrogens (tertiary/aromatic N) is 2. The number of nitrogens with one attached hydrogen (secondary N) is 1. The third-order valence-electron chi connectivity index (χ3n) is 5.65. The number of amides is 1. The molecule has 2 aromatic rings. The van der Waals surface area contributed by atoms with Crippen LogP contribution >= 0.6 is 11.8 Å². The summed E-state index contributed by atoms with van der Waals surface area (Å²) in [5.74, 6) is 1.13. The number of piperazine rings is 1. The maximum absolute atomic E-state index is 12.9. The maximum Gasteiger partial charge on any atom is 0.240 e. The van der Waals surface area contributed by atoms with Crippen molar-refractivity contribution in [2.45, 2.75) is 24.3 Å². The molecule has 2 aromatic carbocycles. The minimum Gasteiger partial charge on any atom is -0.339 e. The lowest BCUT2D eigenvalue weighted by Crippen LogP contribution is -2.53. The molecule has 0 aliphatic carbocycles. The number of benzene rings is 2. The van der Waals surface area contributed by atoms with Crippen LogP contribution in [0, 0.1) is 0 Å². The highest BCUT2D eigenvalue weighted by Gasteiger charge is 2.34. The zero-order valence-electron chi connectivity index (χ0n) is 16.3. The predicted octanol–water partition coefficient (Wildman–Crippen LogP) is 3.17. The Hall–Kier alpha value is -1.82. The zero-order chi connectivity index (χ0) is 19.2. The molecule has 2 saturated heterocycles. The second kappa shape index (κ2) is 9.59. The lowest BCUT2D eigenvalue weighted by atomic mass is 10.1. The van der Waals surface area contributed by atoms with Gasteiger partial charge in [-0.05, 0) is 30.5 Å². The normalized spacial score (nSPS) is 23.1. The molecule has 2 aliphatic rings. The van der Waals surface area contributed by atoms with Crippen LogP contribution in [-0.2, 0) is 11.2 Å². The van der Waals surface area contributed by atoms with Gasteiger partial charge < -0.3 is 4.90 Å². The Bertz CT molecular complexity index is 747. The summed E-state index contributed by atoms with van der Waals surface area (Å²) in [5, 5.41) is 3.76. The SMILES string of the molecule is O=C([C@@H]1CSC(c2ccccc2)N1)N1CCN(CCCc2ccccc2)CC1. The minimum atomic E-state index is -0.0557. The Morgan fingerprint density at radius 2 is 1.64 bits per heavy atom. The summed E-state index contributed by atoms with van der Waals surface area (Å²) in [4.78, 5) is 17.5. The molecule has 4 nitrogen and oxygen atoms in total. The molecule has 0 bridgehead atoms. The molecule has 4 rings (SSSR count). The van der Waals surface area contributed by atoms with Gasteiger partial charge in [0.15, 0.2) is 0 Å². The van der Waals surface area contributed by atoms with Crippen LogP contribution in [0.1, 0.15) is 22.9 Å². The molecule has 0 radical (unpaired) electrons. The first-order valence-corrected chi connectivity index (χ1v) is 11.3. The van der Waals surface area contributed by atoms with Crippen molar-refractivity contribution in [2.24, 2.45) is 0 Å². The van der Waals surface area contributed by atoms with E-state index in [0.29, 0.717) is 0 Å². The summed E-state index contributed by atoms with van der Waals surface area (Å²) in [6.45, 7) is 4.79. The number of carbonyl (C=O) groups is 1. The van der Waals surface area contributed by atoms with Crippen LogP contribution in [0.4, 0.5) is 0 Å². The van der Waals surface area contributed by atoms with Gasteiger partial charge in [0.05, 0.1) is 11.4 Å². The average molecular weight is 396 g/mol. The lowest BCUT2D eigenvalue weighted by Gasteiger charge is -2.36. The molecule has 0 spiro atoms. The van der Waals surface area contributed by atoms with E-state index < -0.39 is 0 Å². The number of thioether (sulfide) groups is 1. The van der Waals surface area contributed by atoms with E-state index in [-0.39, 0.29) is 17.3 Å². The molecule has 1 amide bonds. The van der Waals surface area contributed by atoms with Crippen LogP contribution < -0.4 is 5.32 Å². The van der Waals surface area contributed by atoms with Crippen molar-refractivity contribution in [3.05, 3.63) is 71.8 Å². The largest absolute Gasteiger partial charge is 0.339 e. The molecule has 5 heteroatoms. The number of hydrogen-bond donors (Lipinski definition) is 1. The minimum absolute atomic E-state index is 0.0557. The Kier molecular flexibility index (Phi) is 6.68. The summed E-state index contributed by atoms with van der Waals surface area (Å²) in [6.07, 6.45) is 2.31. The summed E-state index contributed by atoms with van der Waals surface area (Å²) >= 11 is 1.84. The van der Waals surface area contributed by atoms with Gasteiger partial charge in [0, 0.05) is 31.9 Å². The molecule has 1 N–H and O–H groups in total. The van der Waals surface area contributed by atoms with E-state index in [1.807, 2.05) is 17.8 Å². The van der Waals surface area contributed by atoms with E-state index in [4.69, 9.17) is 0 Å². The second-order valence-corrected chi connectivity index (χ2v) is 8.74. The third kappa shape index (κ3) is 4.96. The van der Waals surface area contributed by atoms with Crippen molar-refractivity contribution < 1.29 is 4.79 Å². The highest BCUT2D eigenvalue weighted by molar-refractivity contribution is 7.99. The molecule has 2 aliphatic heterocycles. The molecule has 0 saturated carbocycles. The highest BCUT2D eigenvalue weighted by atomic mass is 32.2. The van der Waals surface area contributed by atoms with Crippen molar-refractivity contribution in [3.8, 4) is 0 Å². The van der Waals surface area contributed by atoms with E-state index in [1.54, 1.807) is 0 Å². The number of hydrogen-bond acceptors (Lipinski definition) is 4. The average Bonchev–Trinajstić information content (AvgIpc) is 3.25. The zero-order valence-corrected chi connectivity index (χ0v) is 17.1. The molecule has 2 atom stereocenters. The van der Waals surface area contributed by atoms with Gasteiger partial charge in [-0.3, -0.25) is 15.0 Å². The maximum atomic E-state index is 12.9. The number of aryl methyl sites for hydroxylation is 1. The first-order chi connectivity index (χ1) is 13.8. The van der Waals surface area contributed by atoms with Gasteiger partial charge in [-0.1, -0.05) is 60.7 Å². The molecule has 0 aromatic heterocycles. The first kappa shape index (κ1) is 19.5. The second-order valence-electron chi connectivity index (χ2n) is 7.60. The number of carbonyl (C=O) groups excluding carboxylic acids is 1. The van der Waals surface area contributed by atoms with E-state index >= 15 is 0 Å². The molecule has 1 unspecified atom stereocenters. The first-order valence-electron chi connectivity index (χ1n) is 10.3. The van der Waals surface area contributed by atoms with Crippen molar-refractivity contribution in [3.63, 3.8) is 0 Å². The van der Waals surface area contributed by atoms with Crippen LogP contribution in [0.3, 0.4) is 0 Å². The van der Waals surface area contributed by atoms with Crippen molar-refractivity contribution in [1.82, 2.24) is 15.1 Å². The van der Waals surface area contributed by atoms with Crippen LogP contribution in [0.25, 0.3) is 0 Å². The van der Waals surface area contributed by atoms with Crippen LogP contribution in [-0.4, -0.2) is 60.2 Å². The van der Waals surface area contributed by atoms with E-state index in [2.05, 4.69) is 69.7 Å². The van der Waals surface area contributed by atoms with Gasteiger partial charge in [-0.2, -0.15) is 0 Å². The third-order valence-corrected chi connectivity index (χ3v) is 6.92. The molecule has 2 heterocycles. The van der Waals surface area contributed by atoms with Crippen LogP contribution in [0.15, 0.2) is 60.7 Å². The van der Waals surface area contributed by atoms with Gasteiger partial charge in [-0.25, -0.2) is 0 Å². The highest BCUT2D eigenvalue weighted by Crippen LogP contribution is 2.33. The van der Waals surface area contributed by atoms with Gasteiger partial charge >= 0.3 is 0 Å². The summed E-state index contributed by atoms with van der Waals surface area (Å²) in [7, 11) is 0. The monoisotopic (exact) mass is 395 g/mol. The smallest absolute Gasteiger partial charge is 0.240 e. The van der Waals surface area contributed by atoms with Crippen molar-refractivity contribution >= 4 is 17.7 Å². The standard InChI is InChI=1S/C23H29N3OS/c27-23(21-18-28-22(24-21)20-11-5-2-6-12-20)26-16-14-25(15-17-26)13-7-10-19-8-3-1-4-9-19/h1-6,8-9,11-12,21-22,24H,7,10,13-18H2/t21-,22?/m0/s1. The van der Waals surface area contributed by atoms with Gasteiger partial charge in [0.25, 0.3) is 0 Å². The van der Waals surface area contributed by atoms with E-state index in [1.165, 1.54) is 17.5 Å². The Labute approximate surface area is 172 Å². The fourth-order valence-corrected chi connectivity index (χ4v) is 5.23. The Balaban J connectivity index is 1.19. The van der Waals surface area contributed by atoms with Crippen LogP contribution in [0.2, 0.25) is 0 Å². The van der Waals surface area contributed by atoms with Gasteiger partial charge in [0.1, 0.15) is 0 Å². The van der Waals surface area contributed by atoms with E-state index in [9.17, 15) is 4.79 Å². The van der Waals surface area contributed by atoms with Crippen molar-refractivity contribution in [2.75, 3.05) is 38.5 Å². The fourth-order valence-electron chi connectivity index (χ4n) is 4.00. The summed E-state index contributed by atoms with van der Waals surface area (Å²) in [6, 6.07) is 21.0. The molecule has 2 fully saturated rings. The van der Waals surface area contributed by atoms with Crippen molar-refractivity contribution in [1.29, 1.82) is 0 Å². The van der Waals surface area contributed by atoms with E-state index in [0.717, 1.165) is 44.9 Å². The lowest BCUT2D eigenvalue weighted by molar-refractivity contribution is -0.134. The molecule has 148 valence electrons. The quantitative estimate of drug-likeness (QED) is 0.815. The van der Waals surface area contributed by atoms with Gasteiger partial charge in [-0.15, -0.1) is 11.8 Å². The summed E-state index contributed by atoms with van der Waals surface area (Å²) in [5.41, 5.74) is 2.67. The fraction of sp³-hybridized carbons (Fsp3) is 0.435. The summed E-state index contributed by atoms with van der Waals surface area (Å²) < 4.78 is 0. The molecule has 28 heavy (non-hydrogen) atoms.